The van der Waals surface area contributed by atoms with Crippen LogP contribution >= 0.6 is 0 Å². The molecule has 0 bridgehead atoms. The average Bonchev–Trinajstić information content (AvgIpc) is 3.41. The first-order chi connectivity index (χ1) is 15.6. The summed E-state index contributed by atoms with van der Waals surface area (Å²) in [4.78, 5) is 7.32. The van der Waals surface area contributed by atoms with Crippen molar-refractivity contribution in [3.8, 4) is 0 Å². The average molecular weight is 450 g/mol. The van der Waals surface area contributed by atoms with E-state index in [1.54, 1.807) is 0 Å². The normalized spacial score (nSPS) is 19.4. The fraction of sp³-hybridized carbons (Fsp3) is 0.870. The highest BCUT2D eigenvalue weighted by Gasteiger charge is 2.33. The number of ether oxygens (including phenoxy) is 2. The summed E-state index contributed by atoms with van der Waals surface area (Å²) in [5.74, 6) is 2.66. The maximum absolute atomic E-state index is 5.68. The zero-order valence-corrected chi connectivity index (χ0v) is 20.4. The molecule has 2 heterocycles. The van der Waals surface area contributed by atoms with Crippen molar-refractivity contribution in [3.05, 3.63) is 11.6 Å². The fourth-order valence-corrected chi connectivity index (χ4v) is 4.59. The third kappa shape index (κ3) is 7.71. The highest BCUT2D eigenvalue weighted by atomic mass is 16.5. The number of morpholine rings is 1. The molecule has 32 heavy (non-hydrogen) atoms. The monoisotopic (exact) mass is 449 g/mol. The number of aliphatic imine (C=N–C) groups is 1. The van der Waals surface area contributed by atoms with Crippen LogP contribution in [0.4, 0.5) is 0 Å². The Bertz CT molecular complexity index is 695. The van der Waals surface area contributed by atoms with Crippen LogP contribution in [-0.2, 0) is 23.1 Å². The van der Waals surface area contributed by atoms with Crippen molar-refractivity contribution in [2.45, 2.75) is 58.9 Å². The van der Waals surface area contributed by atoms with Crippen molar-refractivity contribution in [2.24, 2.45) is 17.5 Å². The van der Waals surface area contributed by atoms with Crippen molar-refractivity contribution < 1.29 is 9.47 Å². The lowest BCUT2D eigenvalue weighted by Crippen LogP contribution is -2.44. The number of nitrogens with zero attached hydrogens (tertiary/aromatic N) is 5. The minimum atomic E-state index is 0.312. The molecule has 0 aromatic carbocycles. The van der Waals surface area contributed by atoms with Gasteiger partial charge in [-0.1, -0.05) is 12.8 Å². The minimum absolute atomic E-state index is 0.312. The molecule has 1 aromatic heterocycles. The zero-order valence-electron chi connectivity index (χ0n) is 20.4. The molecule has 9 heteroatoms. The van der Waals surface area contributed by atoms with E-state index in [4.69, 9.17) is 14.5 Å². The van der Waals surface area contributed by atoms with Crippen molar-refractivity contribution in [1.29, 1.82) is 0 Å². The zero-order chi connectivity index (χ0) is 22.7. The van der Waals surface area contributed by atoms with Gasteiger partial charge in [-0.25, -0.2) is 4.99 Å². The highest BCUT2D eigenvalue weighted by molar-refractivity contribution is 5.79. The van der Waals surface area contributed by atoms with Crippen LogP contribution in [0.2, 0.25) is 0 Å². The number of guanidine groups is 1. The molecular weight excluding hydrogens is 406 g/mol. The molecule has 0 atom stereocenters. The van der Waals surface area contributed by atoms with Crippen molar-refractivity contribution in [2.75, 3.05) is 59.2 Å². The van der Waals surface area contributed by atoms with Crippen molar-refractivity contribution in [3.63, 3.8) is 0 Å². The molecule has 2 N–H and O–H groups in total. The molecule has 1 aromatic rings. The van der Waals surface area contributed by atoms with Crippen LogP contribution in [0.1, 0.15) is 57.1 Å². The second-order valence-corrected chi connectivity index (χ2v) is 9.13. The first kappa shape index (κ1) is 24.9. The van der Waals surface area contributed by atoms with Gasteiger partial charge >= 0.3 is 0 Å². The van der Waals surface area contributed by atoms with Gasteiger partial charge in [0.1, 0.15) is 12.4 Å². The Labute approximate surface area is 193 Å². The van der Waals surface area contributed by atoms with Crippen LogP contribution in [0, 0.1) is 12.3 Å². The Hall–Kier alpha value is -1.71. The van der Waals surface area contributed by atoms with Crippen LogP contribution in [0.25, 0.3) is 0 Å². The van der Waals surface area contributed by atoms with Crippen molar-refractivity contribution in [1.82, 2.24) is 30.3 Å². The Morgan fingerprint density at radius 3 is 2.66 bits per heavy atom. The topological polar surface area (TPSA) is 88.8 Å². The van der Waals surface area contributed by atoms with Crippen molar-refractivity contribution >= 4 is 5.96 Å². The third-order valence-electron chi connectivity index (χ3n) is 6.88. The van der Waals surface area contributed by atoms with E-state index in [1.165, 1.54) is 25.7 Å². The molecule has 3 rings (SSSR count). The molecule has 2 fully saturated rings. The van der Waals surface area contributed by atoms with Gasteiger partial charge in [-0.3, -0.25) is 4.90 Å². The predicted molar refractivity (Wildman–Crippen MR) is 127 cm³/mol. The number of hydrogen-bond acceptors (Lipinski definition) is 6. The maximum atomic E-state index is 5.68. The first-order valence-corrected chi connectivity index (χ1v) is 12.4. The summed E-state index contributed by atoms with van der Waals surface area (Å²) in [5.41, 5.74) is 0.312. The fourth-order valence-electron chi connectivity index (χ4n) is 4.59. The van der Waals surface area contributed by atoms with Gasteiger partial charge in [0.15, 0.2) is 11.8 Å². The summed E-state index contributed by atoms with van der Waals surface area (Å²) < 4.78 is 13.1. The van der Waals surface area contributed by atoms with E-state index in [0.717, 1.165) is 89.6 Å². The van der Waals surface area contributed by atoms with Gasteiger partial charge in [0.25, 0.3) is 0 Å². The Kier molecular flexibility index (Phi) is 10.2. The molecule has 1 aliphatic heterocycles. The quantitative estimate of drug-likeness (QED) is 0.286. The van der Waals surface area contributed by atoms with E-state index in [0.29, 0.717) is 12.0 Å². The van der Waals surface area contributed by atoms with E-state index >= 15 is 0 Å². The van der Waals surface area contributed by atoms with Gasteiger partial charge in [-0.2, -0.15) is 0 Å². The summed E-state index contributed by atoms with van der Waals surface area (Å²) in [5, 5.41) is 15.6. The SMILES string of the molecule is CCOCCC1(CNC(=NCc2nnc(C)n2C)NCCCN2CCOCC2)CCCC1. The smallest absolute Gasteiger partial charge is 0.191 e. The molecule has 2 aliphatic rings. The number of aryl methyl sites for hydroxylation is 1. The van der Waals surface area contributed by atoms with E-state index < -0.39 is 0 Å². The van der Waals surface area contributed by atoms with Gasteiger partial charge in [-0.05, 0) is 51.5 Å². The Morgan fingerprint density at radius 2 is 1.97 bits per heavy atom. The van der Waals surface area contributed by atoms with Crippen LogP contribution in [0.15, 0.2) is 4.99 Å². The van der Waals surface area contributed by atoms with Gasteiger partial charge in [0.2, 0.25) is 0 Å². The summed E-state index contributed by atoms with van der Waals surface area (Å²) in [6.07, 6.45) is 7.34. The Morgan fingerprint density at radius 1 is 1.19 bits per heavy atom. The van der Waals surface area contributed by atoms with E-state index in [2.05, 4.69) is 32.7 Å². The van der Waals surface area contributed by atoms with Gasteiger partial charge in [0, 0.05) is 46.4 Å². The van der Waals surface area contributed by atoms with E-state index in [9.17, 15) is 0 Å². The highest BCUT2D eigenvalue weighted by Crippen LogP contribution is 2.40. The maximum Gasteiger partial charge on any atom is 0.191 e. The molecule has 9 nitrogen and oxygen atoms in total. The van der Waals surface area contributed by atoms with E-state index in [1.807, 2.05) is 18.5 Å². The molecule has 0 unspecified atom stereocenters. The lowest BCUT2D eigenvalue weighted by molar-refractivity contribution is 0.0376. The molecular formula is C23H43N7O2. The minimum Gasteiger partial charge on any atom is -0.382 e. The van der Waals surface area contributed by atoms with Gasteiger partial charge in [-0.15, -0.1) is 10.2 Å². The second-order valence-electron chi connectivity index (χ2n) is 9.13. The molecule has 0 spiro atoms. The summed E-state index contributed by atoms with van der Waals surface area (Å²) in [7, 11) is 1.99. The Balaban J connectivity index is 1.54. The standard InChI is InChI=1S/C23H43N7O2/c1-4-31-15-10-23(8-5-6-9-23)19-26-22(25-18-21-28-27-20(2)29(21)3)24-11-7-12-30-13-16-32-17-14-30/h4-19H2,1-3H3,(H2,24,25,26). The van der Waals surface area contributed by atoms with Crippen LogP contribution < -0.4 is 10.6 Å². The van der Waals surface area contributed by atoms with Crippen LogP contribution in [-0.4, -0.2) is 84.8 Å². The van der Waals surface area contributed by atoms with Gasteiger partial charge < -0.3 is 24.7 Å². The number of aromatic nitrogens is 3. The van der Waals surface area contributed by atoms with E-state index in [-0.39, 0.29) is 0 Å². The molecule has 182 valence electrons. The number of nitrogens with one attached hydrogen (secondary N) is 2. The van der Waals surface area contributed by atoms with Crippen LogP contribution in [0.3, 0.4) is 0 Å². The first-order valence-electron chi connectivity index (χ1n) is 12.4. The molecule has 0 amide bonds. The summed E-state index contributed by atoms with van der Waals surface area (Å²) >= 11 is 0. The number of rotatable bonds is 12. The summed E-state index contributed by atoms with van der Waals surface area (Å²) in [6, 6.07) is 0. The van der Waals surface area contributed by atoms with Gasteiger partial charge in [0.05, 0.1) is 13.2 Å². The molecule has 1 saturated carbocycles. The molecule has 1 aliphatic carbocycles. The molecule has 1 saturated heterocycles. The predicted octanol–water partition coefficient (Wildman–Crippen LogP) is 1.87. The largest absolute Gasteiger partial charge is 0.382 e. The lowest BCUT2D eigenvalue weighted by Gasteiger charge is -2.30. The lowest BCUT2D eigenvalue weighted by atomic mass is 9.83. The number of hydrogen-bond donors (Lipinski definition) is 2. The summed E-state index contributed by atoms with van der Waals surface area (Å²) in [6.45, 7) is 12.9. The molecule has 0 radical (unpaired) electrons. The third-order valence-corrected chi connectivity index (χ3v) is 6.88. The second kappa shape index (κ2) is 13.1. The van der Waals surface area contributed by atoms with Crippen LogP contribution in [0.5, 0.6) is 0 Å².